The summed E-state index contributed by atoms with van der Waals surface area (Å²) in [5.74, 6) is -4.31. The van der Waals surface area contributed by atoms with Crippen LogP contribution in [0.3, 0.4) is 0 Å². The molecule has 30 heavy (non-hydrogen) atoms. The van der Waals surface area contributed by atoms with Crippen LogP contribution in [0.15, 0.2) is 46.4 Å². The first kappa shape index (κ1) is 21.3. The molecule has 3 heterocycles. The molecule has 6 nitrogen and oxygen atoms in total. The van der Waals surface area contributed by atoms with Gasteiger partial charge in [0, 0.05) is 23.0 Å². The number of ketones is 1. The molecule has 3 aliphatic heterocycles. The fourth-order valence-corrected chi connectivity index (χ4v) is 5.12. The van der Waals surface area contributed by atoms with E-state index >= 15 is 0 Å². The van der Waals surface area contributed by atoms with Crippen LogP contribution in [0.1, 0.15) is 41.0 Å². The highest BCUT2D eigenvalue weighted by Crippen LogP contribution is 2.60. The lowest BCUT2D eigenvalue weighted by molar-refractivity contribution is -0.286. The van der Waals surface area contributed by atoms with E-state index < -0.39 is 47.0 Å². The van der Waals surface area contributed by atoms with Gasteiger partial charge in [-0.05, 0) is 31.9 Å². The quantitative estimate of drug-likeness (QED) is 0.681. The van der Waals surface area contributed by atoms with Gasteiger partial charge in [-0.1, -0.05) is 44.9 Å². The van der Waals surface area contributed by atoms with Gasteiger partial charge in [0.25, 0.3) is 0 Å². The molecule has 0 unspecified atom stereocenters. The van der Waals surface area contributed by atoms with Crippen molar-refractivity contribution in [2.45, 2.75) is 58.5 Å². The highest BCUT2D eigenvalue weighted by atomic mass is 35.5. The maximum atomic E-state index is 13.3. The SMILES string of the molecule is CC[C@H](C)/C=C\C1=CC2=C(Cl)C(=O)[C@@]3(C)O[C@]4(O)[C@H](C)[C@@H](C)OC(=O)[C@@H]4[C@H]3C2=CO1. The lowest BCUT2D eigenvalue weighted by Crippen LogP contribution is -2.56. The van der Waals surface area contributed by atoms with Crippen LogP contribution in [0, 0.1) is 23.7 Å². The molecule has 162 valence electrons. The Hall–Kier alpha value is -1.89. The molecule has 0 radical (unpaired) electrons. The van der Waals surface area contributed by atoms with E-state index in [1.807, 2.05) is 12.2 Å². The number of hydrogen-bond acceptors (Lipinski definition) is 6. The molecule has 7 heteroatoms. The molecule has 4 rings (SSSR count). The number of fused-ring (bicyclic) bond motifs is 5. The fourth-order valence-electron chi connectivity index (χ4n) is 4.77. The van der Waals surface area contributed by atoms with Gasteiger partial charge in [0.1, 0.15) is 23.4 Å². The van der Waals surface area contributed by atoms with Gasteiger partial charge in [-0.15, -0.1) is 0 Å². The van der Waals surface area contributed by atoms with Gasteiger partial charge in [0.05, 0.1) is 11.3 Å². The minimum atomic E-state index is -1.84. The van der Waals surface area contributed by atoms with Crippen molar-refractivity contribution in [1.29, 1.82) is 0 Å². The molecule has 0 amide bonds. The fraction of sp³-hybridized carbons (Fsp3) is 0.565. The van der Waals surface area contributed by atoms with Crippen molar-refractivity contribution in [3.05, 3.63) is 46.4 Å². The van der Waals surface area contributed by atoms with Crippen LogP contribution in [0.25, 0.3) is 0 Å². The number of halogens is 1. The van der Waals surface area contributed by atoms with E-state index in [4.69, 9.17) is 25.8 Å². The zero-order valence-electron chi connectivity index (χ0n) is 17.8. The molecule has 0 aromatic heterocycles. The minimum Gasteiger partial charge on any atom is -0.465 e. The summed E-state index contributed by atoms with van der Waals surface area (Å²) in [5.41, 5.74) is -0.446. The summed E-state index contributed by atoms with van der Waals surface area (Å²) < 4.78 is 17.3. The number of aliphatic hydroxyl groups is 1. The number of cyclic esters (lactones) is 1. The summed E-state index contributed by atoms with van der Waals surface area (Å²) in [4.78, 5) is 26.1. The van der Waals surface area contributed by atoms with Crippen molar-refractivity contribution in [3.63, 3.8) is 0 Å². The number of carbonyl (C=O) groups is 2. The van der Waals surface area contributed by atoms with Gasteiger partial charge < -0.3 is 19.3 Å². The van der Waals surface area contributed by atoms with E-state index in [0.717, 1.165) is 6.42 Å². The smallest absolute Gasteiger partial charge is 0.315 e. The summed E-state index contributed by atoms with van der Waals surface area (Å²) in [6.45, 7) is 9.20. The molecule has 2 fully saturated rings. The Kier molecular flexibility index (Phi) is 5.03. The topological polar surface area (TPSA) is 82.1 Å². The lowest BCUT2D eigenvalue weighted by Gasteiger charge is -2.42. The Labute approximate surface area is 181 Å². The number of Topliss-reactive ketones (excluding diaryl/α,β-unsaturated/α-hetero) is 1. The van der Waals surface area contributed by atoms with E-state index in [1.165, 1.54) is 6.26 Å². The van der Waals surface area contributed by atoms with Crippen LogP contribution in [0.4, 0.5) is 0 Å². The third-order valence-corrected chi connectivity index (χ3v) is 7.41. The van der Waals surface area contributed by atoms with E-state index in [1.54, 1.807) is 26.8 Å². The maximum Gasteiger partial charge on any atom is 0.315 e. The first-order chi connectivity index (χ1) is 14.0. The Morgan fingerprint density at radius 3 is 2.67 bits per heavy atom. The number of rotatable bonds is 3. The van der Waals surface area contributed by atoms with E-state index in [9.17, 15) is 14.7 Å². The molecule has 0 aromatic rings. The molecule has 2 saturated heterocycles. The van der Waals surface area contributed by atoms with E-state index in [0.29, 0.717) is 22.8 Å². The summed E-state index contributed by atoms with van der Waals surface area (Å²) in [5, 5.41) is 11.4. The Bertz CT molecular complexity index is 930. The second-order valence-electron chi connectivity index (χ2n) is 8.89. The predicted octanol–water partition coefficient (Wildman–Crippen LogP) is 3.75. The largest absolute Gasteiger partial charge is 0.465 e. The zero-order chi connectivity index (χ0) is 22.0. The van der Waals surface area contributed by atoms with Gasteiger partial charge in [-0.2, -0.15) is 0 Å². The predicted molar refractivity (Wildman–Crippen MR) is 110 cm³/mol. The summed E-state index contributed by atoms with van der Waals surface area (Å²) in [7, 11) is 0. The number of ether oxygens (including phenoxy) is 3. The highest BCUT2D eigenvalue weighted by Gasteiger charge is 2.72. The summed E-state index contributed by atoms with van der Waals surface area (Å²) >= 11 is 6.48. The molecule has 0 saturated carbocycles. The standard InChI is InChI=1S/C23H27ClO6/c1-6-11(2)7-8-14-9-15-16(10-28-14)17-18-21(26)29-13(4)12(3)23(18,27)30-22(17,5)20(25)19(15)24/h7-13,17-18,27H,6H2,1-5H3/b8-7-/t11-,12+,13+,17+,18-,22-,23+/m0/s1. The van der Waals surface area contributed by atoms with Crippen LogP contribution < -0.4 is 0 Å². The molecular formula is C23H27ClO6. The molecule has 0 bridgehead atoms. The average Bonchev–Trinajstić information content (AvgIpc) is 2.98. The van der Waals surface area contributed by atoms with Crippen molar-refractivity contribution in [1.82, 2.24) is 0 Å². The molecular weight excluding hydrogens is 408 g/mol. The lowest BCUT2D eigenvalue weighted by atomic mass is 9.65. The number of allylic oxidation sites excluding steroid dienone is 4. The Morgan fingerprint density at radius 1 is 1.30 bits per heavy atom. The minimum absolute atomic E-state index is 0.00839. The first-order valence-corrected chi connectivity index (χ1v) is 10.8. The van der Waals surface area contributed by atoms with Gasteiger partial charge in [0.2, 0.25) is 5.78 Å². The van der Waals surface area contributed by atoms with Gasteiger partial charge in [-0.3, -0.25) is 9.59 Å². The molecule has 1 aliphatic carbocycles. The van der Waals surface area contributed by atoms with Crippen LogP contribution in [0.5, 0.6) is 0 Å². The van der Waals surface area contributed by atoms with Crippen molar-refractivity contribution >= 4 is 23.4 Å². The monoisotopic (exact) mass is 434 g/mol. The molecule has 7 atom stereocenters. The number of carbonyl (C=O) groups excluding carboxylic acids is 2. The third-order valence-electron chi connectivity index (χ3n) is 7.03. The van der Waals surface area contributed by atoms with Crippen LogP contribution in [-0.4, -0.2) is 34.4 Å². The molecule has 0 spiro atoms. The van der Waals surface area contributed by atoms with Crippen LogP contribution in [0.2, 0.25) is 0 Å². The van der Waals surface area contributed by atoms with Crippen LogP contribution in [-0.2, 0) is 23.8 Å². The van der Waals surface area contributed by atoms with E-state index in [-0.39, 0.29) is 5.03 Å². The number of hydrogen-bond donors (Lipinski definition) is 1. The maximum absolute atomic E-state index is 13.3. The first-order valence-electron chi connectivity index (χ1n) is 10.4. The highest BCUT2D eigenvalue weighted by molar-refractivity contribution is 6.45. The second kappa shape index (κ2) is 7.08. The normalized spacial score (nSPS) is 41.4. The third kappa shape index (κ3) is 2.84. The zero-order valence-corrected chi connectivity index (χ0v) is 18.5. The van der Waals surface area contributed by atoms with Crippen LogP contribution >= 0.6 is 11.6 Å². The van der Waals surface area contributed by atoms with Crippen molar-refractivity contribution < 1.29 is 28.9 Å². The van der Waals surface area contributed by atoms with E-state index in [2.05, 4.69) is 13.8 Å². The Morgan fingerprint density at radius 2 is 2.00 bits per heavy atom. The molecule has 0 aromatic carbocycles. The second-order valence-corrected chi connectivity index (χ2v) is 9.26. The average molecular weight is 435 g/mol. The number of esters is 1. The van der Waals surface area contributed by atoms with Gasteiger partial charge in [0.15, 0.2) is 5.79 Å². The summed E-state index contributed by atoms with van der Waals surface area (Å²) in [6, 6.07) is 0. The molecule has 1 N–H and O–H groups in total. The summed E-state index contributed by atoms with van der Waals surface area (Å²) in [6.07, 6.45) is 7.52. The molecule has 4 aliphatic rings. The van der Waals surface area contributed by atoms with Crippen molar-refractivity contribution in [2.24, 2.45) is 23.7 Å². The van der Waals surface area contributed by atoms with Crippen molar-refractivity contribution in [2.75, 3.05) is 0 Å². The van der Waals surface area contributed by atoms with Crippen molar-refractivity contribution in [3.8, 4) is 0 Å². The van der Waals surface area contributed by atoms with Gasteiger partial charge in [-0.25, -0.2) is 0 Å². The Balaban J connectivity index is 1.79. The van der Waals surface area contributed by atoms with Gasteiger partial charge >= 0.3 is 5.97 Å².